The van der Waals surface area contributed by atoms with Gasteiger partial charge in [0.2, 0.25) is 5.91 Å². The van der Waals surface area contributed by atoms with Crippen LogP contribution < -0.4 is 15.4 Å². The summed E-state index contributed by atoms with van der Waals surface area (Å²) in [6.45, 7) is 2.19. The Morgan fingerprint density at radius 2 is 1.74 bits per heavy atom. The molecule has 0 bridgehead atoms. The molecule has 210 valence electrons. The number of ether oxygens (including phenoxy) is 2. The smallest absolute Gasteiger partial charge is 0.489 e. The van der Waals surface area contributed by atoms with E-state index < -0.39 is 18.1 Å². The topological polar surface area (TPSA) is 163 Å². The third-order valence-corrected chi connectivity index (χ3v) is 5.35. The van der Waals surface area contributed by atoms with Gasteiger partial charge in [0, 0.05) is 19.2 Å². The molecule has 0 unspecified atom stereocenters. The minimum absolute atomic E-state index is 0.00656. The van der Waals surface area contributed by atoms with Crippen LogP contribution in [0.3, 0.4) is 0 Å². The Bertz CT molecular complexity index is 1230. The van der Waals surface area contributed by atoms with E-state index in [0.717, 1.165) is 5.56 Å². The maximum absolute atomic E-state index is 13.1. The number of benzene rings is 2. The monoisotopic (exact) mass is 552 g/mol. The lowest BCUT2D eigenvalue weighted by molar-refractivity contribution is -0.192. The average Bonchev–Trinajstić information content (AvgIpc) is 2.96. The molecule has 2 aromatic carbocycles. The van der Waals surface area contributed by atoms with Gasteiger partial charge in [0.1, 0.15) is 24.7 Å². The molecule has 2 amide bonds. The first-order valence-corrected chi connectivity index (χ1v) is 11.5. The number of halogens is 3. The van der Waals surface area contributed by atoms with Gasteiger partial charge in [0.25, 0.3) is 5.91 Å². The van der Waals surface area contributed by atoms with Gasteiger partial charge in [-0.25, -0.2) is 4.79 Å². The molecule has 2 aromatic rings. The van der Waals surface area contributed by atoms with E-state index in [1.54, 1.807) is 44.3 Å². The first kappa shape index (κ1) is 30.6. The normalized spacial score (nSPS) is 13.1. The summed E-state index contributed by atoms with van der Waals surface area (Å²) < 4.78 is 42.5. The van der Waals surface area contributed by atoms with E-state index in [-0.39, 0.29) is 50.4 Å². The number of anilines is 1. The number of nitrogen functional groups attached to an aromatic ring is 1. The number of fused-ring (bicyclic) bond motifs is 1. The number of nitrogens with one attached hydrogen (secondary N) is 1. The van der Waals surface area contributed by atoms with Crippen molar-refractivity contribution in [2.75, 3.05) is 31.6 Å². The van der Waals surface area contributed by atoms with Crippen LogP contribution in [0.5, 0.6) is 5.75 Å². The van der Waals surface area contributed by atoms with Gasteiger partial charge in [-0.1, -0.05) is 24.3 Å². The number of esters is 1. The van der Waals surface area contributed by atoms with Crippen molar-refractivity contribution < 1.29 is 46.9 Å². The molecule has 0 saturated heterocycles. The molecule has 11 nitrogen and oxygen atoms in total. The van der Waals surface area contributed by atoms with Crippen molar-refractivity contribution in [1.82, 2.24) is 4.90 Å². The third-order valence-electron chi connectivity index (χ3n) is 5.35. The maximum atomic E-state index is 13.1. The molecule has 1 aliphatic rings. The molecule has 0 aliphatic carbocycles. The second kappa shape index (κ2) is 13.3. The summed E-state index contributed by atoms with van der Waals surface area (Å²) in [5, 5.41) is 14.6. The van der Waals surface area contributed by atoms with Gasteiger partial charge in [0.05, 0.1) is 24.3 Å². The Hall–Kier alpha value is -4.62. The summed E-state index contributed by atoms with van der Waals surface area (Å²) in [6, 6.07) is 12.1. The Balaban J connectivity index is 0.000000673. The van der Waals surface area contributed by atoms with Crippen LogP contribution in [-0.2, 0) is 25.7 Å². The number of amidine groups is 1. The lowest BCUT2D eigenvalue weighted by Gasteiger charge is -2.19. The van der Waals surface area contributed by atoms with Crippen LogP contribution in [0.2, 0.25) is 0 Å². The molecule has 1 aliphatic heterocycles. The van der Waals surface area contributed by atoms with Gasteiger partial charge in [0.15, 0.2) is 0 Å². The molecule has 0 atom stereocenters. The molecule has 1 heterocycles. The fourth-order valence-electron chi connectivity index (χ4n) is 3.30. The zero-order valence-corrected chi connectivity index (χ0v) is 21.1. The van der Waals surface area contributed by atoms with Crippen LogP contribution in [0.25, 0.3) is 0 Å². The molecule has 0 aromatic heterocycles. The van der Waals surface area contributed by atoms with Gasteiger partial charge in [-0.15, -0.1) is 0 Å². The summed E-state index contributed by atoms with van der Waals surface area (Å²) in [5.74, 6) is -3.31. The van der Waals surface area contributed by atoms with Crippen molar-refractivity contribution in [2.45, 2.75) is 26.1 Å². The van der Waals surface area contributed by atoms with Crippen molar-refractivity contribution in [2.24, 2.45) is 5.73 Å². The zero-order chi connectivity index (χ0) is 29.3. The predicted molar refractivity (Wildman–Crippen MR) is 132 cm³/mol. The fraction of sp³-hybridized carbons (Fsp3) is 0.320. The fourth-order valence-corrected chi connectivity index (χ4v) is 3.30. The number of carbonyl (C=O) groups excluding carboxylic acids is 3. The summed E-state index contributed by atoms with van der Waals surface area (Å²) in [7, 11) is 1.61. The zero-order valence-electron chi connectivity index (χ0n) is 21.1. The Kier molecular flexibility index (Phi) is 10.4. The number of amides is 2. The number of hydrogen-bond donors (Lipinski definition) is 3. The third kappa shape index (κ3) is 8.72. The predicted octanol–water partition coefficient (Wildman–Crippen LogP) is 2.55. The van der Waals surface area contributed by atoms with Crippen molar-refractivity contribution in [3.63, 3.8) is 0 Å². The van der Waals surface area contributed by atoms with Crippen molar-refractivity contribution in [3.05, 3.63) is 59.2 Å². The van der Waals surface area contributed by atoms with Crippen LogP contribution >= 0.6 is 0 Å². The number of nitrogens with zero attached hydrogens (tertiary/aromatic N) is 2. The van der Waals surface area contributed by atoms with Crippen molar-refractivity contribution in [1.29, 1.82) is 5.41 Å². The maximum Gasteiger partial charge on any atom is 0.490 e. The summed E-state index contributed by atoms with van der Waals surface area (Å²) in [4.78, 5) is 49.1. The standard InChI is InChI=1S/C23H26N4O5.C2HF3O2/c1-3-31-21(29)10-11-27-13-20(28)26(2)19-9-8-17(12-18(19)23(27)30)32-14-15-4-6-16(7-5-15)22(24)25;3-2(4,5)1(6)7/h4-9,12H,3,10-11,13-14H2,1-2H3,(H3,24,25);(H,6,7). The molecular weight excluding hydrogens is 525 g/mol. The van der Waals surface area contributed by atoms with Gasteiger partial charge in [-0.2, -0.15) is 13.2 Å². The van der Waals surface area contributed by atoms with Crippen LogP contribution in [0, 0.1) is 5.41 Å². The number of alkyl halides is 3. The Morgan fingerprint density at radius 1 is 1.13 bits per heavy atom. The van der Waals surface area contributed by atoms with E-state index in [1.807, 2.05) is 12.1 Å². The second-order valence-electron chi connectivity index (χ2n) is 8.12. The molecule has 0 fully saturated rings. The van der Waals surface area contributed by atoms with E-state index in [2.05, 4.69) is 0 Å². The van der Waals surface area contributed by atoms with Crippen LogP contribution in [0.15, 0.2) is 42.5 Å². The van der Waals surface area contributed by atoms with E-state index in [1.165, 1.54) is 9.80 Å². The number of carboxylic acid groups (broad SMARTS) is 1. The van der Waals surface area contributed by atoms with Crippen molar-refractivity contribution in [3.8, 4) is 5.75 Å². The van der Waals surface area contributed by atoms with Gasteiger partial charge in [-0.05, 0) is 30.7 Å². The highest BCUT2D eigenvalue weighted by molar-refractivity contribution is 6.09. The number of likely N-dealkylation sites (N-methyl/N-ethyl adjacent to an activating group) is 1. The van der Waals surface area contributed by atoms with Crippen LogP contribution in [0.4, 0.5) is 18.9 Å². The second-order valence-corrected chi connectivity index (χ2v) is 8.12. The average molecular weight is 553 g/mol. The quantitative estimate of drug-likeness (QED) is 0.256. The highest BCUT2D eigenvalue weighted by Gasteiger charge is 2.38. The number of carboxylic acids is 1. The number of aliphatic carboxylic acids is 1. The van der Waals surface area contributed by atoms with E-state index in [4.69, 9.17) is 30.5 Å². The van der Waals surface area contributed by atoms with E-state index in [0.29, 0.717) is 22.6 Å². The van der Waals surface area contributed by atoms with Gasteiger partial charge >= 0.3 is 18.1 Å². The Morgan fingerprint density at radius 3 is 2.28 bits per heavy atom. The molecule has 0 saturated carbocycles. The molecule has 0 spiro atoms. The highest BCUT2D eigenvalue weighted by Crippen LogP contribution is 2.29. The van der Waals surface area contributed by atoms with Crippen LogP contribution in [0.1, 0.15) is 34.8 Å². The Labute approximate surface area is 221 Å². The largest absolute Gasteiger partial charge is 0.490 e. The molecule has 4 N–H and O–H groups in total. The molecule has 39 heavy (non-hydrogen) atoms. The van der Waals surface area contributed by atoms with Crippen LogP contribution in [-0.4, -0.2) is 72.5 Å². The summed E-state index contributed by atoms with van der Waals surface area (Å²) in [5.41, 5.74) is 7.78. The van der Waals surface area contributed by atoms with Gasteiger partial charge < -0.3 is 30.1 Å². The van der Waals surface area contributed by atoms with Gasteiger partial charge in [-0.3, -0.25) is 19.8 Å². The molecule has 3 rings (SSSR count). The molecule has 14 heteroatoms. The summed E-state index contributed by atoms with van der Waals surface area (Å²) >= 11 is 0. The molecular formula is C25H27F3N4O7. The minimum Gasteiger partial charge on any atom is -0.489 e. The summed E-state index contributed by atoms with van der Waals surface area (Å²) in [6.07, 6.45) is -5.07. The van der Waals surface area contributed by atoms with E-state index in [9.17, 15) is 27.6 Å². The lowest BCUT2D eigenvalue weighted by Crippen LogP contribution is -2.39. The first-order chi connectivity index (χ1) is 18.2. The number of nitrogens with two attached hydrogens (primary N) is 1. The minimum atomic E-state index is -5.08. The molecule has 0 radical (unpaired) electrons. The lowest BCUT2D eigenvalue weighted by atomic mass is 10.1. The number of carbonyl (C=O) groups is 4. The van der Waals surface area contributed by atoms with Crippen molar-refractivity contribution >= 4 is 35.3 Å². The SMILES string of the molecule is CCOC(=O)CCN1CC(=O)N(C)c2ccc(OCc3ccc(C(=N)N)cc3)cc2C1=O.O=C(O)C(F)(F)F. The van der Waals surface area contributed by atoms with E-state index >= 15 is 0 Å². The highest BCUT2D eigenvalue weighted by atomic mass is 19.4. The number of hydrogen-bond acceptors (Lipinski definition) is 7. The number of rotatable bonds is 8. The first-order valence-electron chi connectivity index (χ1n) is 11.5.